The summed E-state index contributed by atoms with van der Waals surface area (Å²) in [5, 5.41) is 0. The highest BCUT2D eigenvalue weighted by atomic mass is 32.2. The van der Waals surface area contributed by atoms with E-state index in [1.807, 2.05) is 23.5 Å². The predicted molar refractivity (Wildman–Crippen MR) is 60.0 cm³/mol. The maximum atomic E-state index is 2.46. The molecule has 0 saturated carbocycles. The van der Waals surface area contributed by atoms with Crippen molar-refractivity contribution in [3.05, 3.63) is 22.8 Å². The molecule has 2 aliphatic rings. The lowest BCUT2D eigenvalue weighted by Crippen LogP contribution is -1.90. The number of fused-ring (bicyclic) bond motifs is 2. The van der Waals surface area contributed by atoms with Crippen LogP contribution in [0.2, 0.25) is 0 Å². The molecule has 0 unspecified atom stereocenters. The van der Waals surface area contributed by atoms with E-state index in [1.54, 1.807) is 26.5 Å². The maximum absolute atomic E-state index is 2.46. The first-order valence-electron chi connectivity index (χ1n) is 4.77. The molecule has 2 heterocycles. The molecule has 68 valence electrons. The van der Waals surface area contributed by atoms with Gasteiger partial charge in [0.2, 0.25) is 0 Å². The lowest BCUT2D eigenvalue weighted by atomic mass is 10.0. The number of aryl methyl sites for hydroxylation is 2. The van der Waals surface area contributed by atoms with Crippen molar-refractivity contribution in [1.29, 1.82) is 0 Å². The summed E-state index contributed by atoms with van der Waals surface area (Å²) >= 11 is 4.09. The quantitative estimate of drug-likeness (QED) is 0.641. The van der Waals surface area contributed by atoms with Crippen molar-refractivity contribution in [2.24, 2.45) is 0 Å². The molecule has 1 aromatic rings. The molecule has 2 heteroatoms. The normalized spacial score (nSPS) is 18.8. The molecule has 0 nitrogen and oxygen atoms in total. The molecular formula is C11H12S2. The van der Waals surface area contributed by atoms with E-state index < -0.39 is 0 Å². The topological polar surface area (TPSA) is 0 Å². The van der Waals surface area contributed by atoms with E-state index >= 15 is 0 Å². The Balaban J connectivity index is 2.26. The van der Waals surface area contributed by atoms with E-state index in [0.717, 1.165) is 0 Å². The fourth-order valence-corrected chi connectivity index (χ4v) is 4.67. The Morgan fingerprint density at radius 2 is 1.54 bits per heavy atom. The molecule has 0 saturated heterocycles. The third-order valence-electron chi connectivity index (χ3n) is 2.85. The van der Waals surface area contributed by atoms with Gasteiger partial charge >= 0.3 is 0 Å². The molecule has 2 aliphatic heterocycles. The highest BCUT2D eigenvalue weighted by Gasteiger charge is 2.22. The Bertz CT molecular complexity index is 337. The maximum Gasteiger partial charge on any atom is 0.0145 e. The molecular weight excluding hydrogens is 196 g/mol. The second-order valence-electron chi connectivity index (χ2n) is 3.67. The number of thioether (sulfide) groups is 2. The minimum atomic E-state index is 1.29. The average Bonchev–Trinajstić information content (AvgIpc) is 2.71. The minimum Gasteiger partial charge on any atom is -0.125 e. The van der Waals surface area contributed by atoms with Gasteiger partial charge in [-0.1, -0.05) is 6.07 Å². The average molecular weight is 208 g/mol. The van der Waals surface area contributed by atoms with E-state index in [4.69, 9.17) is 0 Å². The molecule has 0 amide bonds. The Labute approximate surface area is 87.5 Å². The van der Waals surface area contributed by atoms with Crippen LogP contribution < -0.4 is 0 Å². The van der Waals surface area contributed by atoms with Crippen molar-refractivity contribution < 1.29 is 0 Å². The largest absolute Gasteiger partial charge is 0.125 e. The fraction of sp³-hybridized carbons (Fsp3) is 0.455. The van der Waals surface area contributed by atoms with Crippen LogP contribution in [0, 0.1) is 6.92 Å². The van der Waals surface area contributed by atoms with Gasteiger partial charge in [-0.3, -0.25) is 0 Å². The van der Waals surface area contributed by atoms with Crippen LogP contribution >= 0.6 is 23.5 Å². The van der Waals surface area contributed by atoms with Crippen LogP contribution in [0.25, 0.3) is 0 Å². The lowest BCUT2D eigenvalue weighted by Gasteiger charge is -2.08. The fourth-order valence-electron chi connectivity index (χ4n) is 2.23. The van der Waals surface area contributed by atoms with E-state index in [1.165, 1.54) is 24.3 Å². The van der Waals surface area contributed by atoms with Gasteiger partial charge in [0.05, 0.1) is 0 Å². The third-order valence-corrected chi connectivity index (χ3v) is 5.38. The van der Waals surface area contributed by atoms with Crippen molar-refractivity contribution in [2.75, 3.05) is 11.5 Å². The van der Waals surface area contributed by atoms with E-state index in [2.05, 4.69) is 13.0 Å². The molecule has 0 atom stereocenters. The highest BCUT2D eigenvalue weighted by molar-refractivity contribution is 8.00. The molecule has 0 aromatic heterocycles. The van der Waals surface area contributed by atoms with Gasteiger partial charge in [-0.25, -0.2) is 0 Å². The first-order chi connectivity index (χ1) is 6.36. The minimum absolute atomic E-state index is 1.29. The highest BCUT2D eigenvalue weighted by Crippen LogP contribution is 2.43. The zero-order valence-electron chi connectivity index (χ0n) is 7.72. The third kappa shape index (κ3) is 1.15. The molecule has 1 aromatic carbocycles. The van der Waals surface area contributed by atoms with Crippen LogP contribution in [0.5, 0.6) is 0 Å². The van der Waals surface area contributed by atoms with Gasteiger partial charge in [-0.2, -0.15) is 0 Å². The van der Waals surface area contributed by atoms with Gasteiger partial charge in [-0.05, 0) is 36.5 Å². The van der Waals surface area contributed by atoms with Crippen LogP contribution in [-0.4, -0.2) is 11.5 Å². The van der Waals surface area contributed by atoms with Crippen LogP contribution in [0.3, 0.4) is 0 Å². The predicted octanol–water partition coefficient (Wildman–Crippen LogP) is 3.29. The molecule has 0 bridgehead atoms. The van der Waals surface area contributed by atoms with Gasteiger partial charge in [0, 0.05) is 21.3 Å². The van der Waals surface area contributed by atoms with Gasteiger partial charge in [0.15, 0.2) is 0 Å². The van der Waals surface area contributed by atoms with Crippen molar-refractivity contribution in [2.45, 2.75) is 29.6 Å². The van der Waals surface area contributed by atoms with Gasteiger partial charge in [-0.15, -0.1) is 23.5 Å². The Morgan fingerprint density at radius 3 is 2.08 bits per heavy atom. The van der Waals surface area contributed by atoms with E-state index in [9.17, 15) is 0 Å². The Kier molecular flexibility index (Phi) is 1.88. The van der Waals surface area contributed by atoms with Crippen molar-refractivity contribution in [3.8, 4) is 0 Å². The zero-order valence-corrected chi connectivity index (χ0v) is 9.36. The summed E-state index contributed by atoms with van der Waals surface area (Å²) in [7, 11) is 0. The molecule has 3 rings (SSSR count). The van der Waals surface area contributed by atoms with E-state index in [0.29, 0.717) is 0 Å². The number of hydrogen-bond donors (Lipinski definition) is 0. The van der Waals surface area contributed by atoms with E-state index in [-0.39, 0.29) is 0 Å². The summed E-state index contributed by atoms with van der Waals surface area (Å²) in [4.78, 5) is 3.18. The molecule has 0 spiro atoms. The molecule has 13 heavy (non-hydrogen) atoms. The first-order valence-corrected chi connectivity index (χ1v) is 6.74. The second-order valence-corrected chi connectivity index (χ2v) is 5.89. The Morgan fingerprint density at radius 1 is 1.00 bits per heavy atom. The second kappa shape index (κ2) is 2.96. The number of benzene rings is 1. The Hall–Kier alpha value is -0.0800. The summed E-state index contributed by atoms with van der Waals surface area (Å²) in [5.74, 6) is 2.59. The van der Waals surface area contributed by atoms with Crippen LogP contribution in [-0.2, 0) is 12.8 Å². The summed E-state index contributed by atoms with van der Waals surface area (Å²) in [5.41, 5.74) is 4.80. The molecule has 0 radical (unpaired) electrons. The first kappa shape index (κ1) is 8.25. The van der Waals surface area contributed by atoms with Gasteiger partial charge in [0.1, 0.15) is 0 Å². The summed E-state index contributed by atoms with van der Waals surface area (Å²) in [6.45, 7) is 2.30. The zero-order chi connectivity index (χ0) is 8.84. The summed E-state index contributed by atoms with van der Waals surface area (Å²) in [6.07, 6.45) is 2.58. The van der Waals surface area contributed by atoms with Crippen LogP contribution in [0.15, 0.2) is 15.9 Å². The van der Waals surface area contributed by atoms with Crippen LogP contribution in [0.1, 0.15) is 16.7 Å². The summed E-state index contributed by atoms with van der Waals surface area (Å²) in [6, 6.07) is 2.46. The molecule has 0 fully saturated rings. The van der Waals surface area contributed by atoms with Crippen molar-refractivity contribution in [1.82, 2.24) is 0 Å². The standard InChI is InChI=1S/C11H12S2/c1-7-10-8(2-4-12-10)6-9-3-5-13-11(7)9/h6H,2-5H2,1H3. The van der Waals surface area contributed by atoms with Crippen LogP contribution in [0.4, 0.5) is 0 Å². The molecule has 0 N–H and O–H groups in total. The van der Waals surface area contributed by atoms with Gasteiger partial charge in [0.25, 0.3) is 0 Å². The lowest BCUT2D eigenvalue weighted by molar-refractivity contribution is 1.03. The molecule has 0 aliphatic carbocycles. The van der Waals surface area contributed by atoms with Gasteiger partial charge < -0.3 is 0 Å². The van der Waals surface area contributed by atoms with Crippen molar-refractivity contribution >= 4 is 23.5 Å². The number of rotatable bonds is 0. The monoisotopic (exact) mass is 208 g/mol. The summed E-state index contributed by atoms with van der Waals surface area (Å²) < 4.78 is 0. The van der Waals surface area contributed by atoms with Crippen molar-refractivity contribution in [3.63, 3.8) is 0 Å². The number of hydrogen-bond acceptors (Lipinski definition) is 2. The smallest absolute Gasteiger partial charge is 0.0145 e. The SMILES string of the molecule is Cc1c2c(cc3c1SCC3)CCS2.